The van der Waals surface area contributed by atoms with Crippen LogP contribution in [0.1, 0.15) is 6.92 Å². The summed E-state index contributed by atoms with van der Waals surface area (Å²) in [6.45, 7) is 1.30. The smallest absolute Gasteiger partial charge is 0.324 e. The zero-order chi connectivity index (χ0) is 13.1. The van der Waals surface area contributed by atoms with Crippen LogP contribution < -0.4 is 4.74 Å². The first-order chi connectivity index (χ1) is 7.93. The Morgan fingerprint density at radius 1 is 1.18 bits per heavy atom. The van der Waals surface area contributed by atoms with Crippen molar-refractivity contribution in [3.05, 3.63) is 24.3 Å². The van der Waals surface area contributed by atoms with E-state index in [1.807, 2.05) is 0 Å². The summed E-state index contributed by atoms with van der Waals surface area (Å²) in [5.74, 6) is -0.226. The van der Waals surface area contributed by atoms with E-state index in [-0.39, 0.29) is 4.90 Å². The van der Waals surface area contributed by atoms with E-state index in [0.29, 0.717) is 5.75 Å². The molecule has 0 bridgehead atoms. The molecule has 6 heteroatoms. The van der Waals surface area contributed by atoms with Crippen LogP contribution in [0.4, 0.5) is 0 Å². The third-order valence-corrected chi connectivity index (χ3v) is 4.44. The second-order valence-corrected chi connectivity index (χ2v) is 5.65. The molecule has 0 heterocycles. The van der Waals surface area contributed by atoms with Crippen molar-refractivity contribution in [3.63, 3.8) is 0 Å². The van der Waals surface area contributed by atoms with Crippen molar-refractivity contribution in [2.45, 2.75) is 17.1 Å². The maximum atomic E-state index is 12.0. The van der Waals surface area contributed by atoms with E-state index < -0.39 is 21.1 Å². The molecule has 0 aliphatic rings. The minimum absolute atomic E-state index is 0.0659. The molecule has 0 aliphatic carbocycles. The monoisotopic (exact) mass is 258 g/mol. The topological polar surface area (TPSA) is 69.7 Å². The average Bonchev–Trinajstić information content (AvgIpc) is 2.36. The molecule has 5 nitrogen and oxygen atoms in total. The molecule has 17 heavy (non-hydrogen) atoms. The minimum Gasteiger partial charge on any atom is -0.497 e. The zero-order valence-electron chi connectivity index (χ0n) is 9.84. The predicted molar refractivity (Wildman–Crippen MR) is 61.7 cm³/mol. The van der Waals surface area contributed by atoms with Crippen molar-refractivity contribution in [2.24, 2.45) is 0 Å². The molecule has 0 N–H and O–H groups in total. The number of methoxy groups -OCH3 is 2. The molecular weight excluding hydrogens is 244 g/mol. The number of carbonyl (C=O) groups excluding carboxylic acids is 1. The lowest BCUT2D eigenvalue weighted by Gasteiger charge is -2.11. The molecule has 0 radical (unpaired) electrons. The fourth-order valence-electron chi connectivity index (χ4n) is 1.26. The van der Waals surface area contributed by atoms with Gasteiger partial charge in [0.2, 0.25) is 0 Å². The van der Waals surface area contributed by atoms with Gasteiger partial charge in [0, 0.05) is 0 Å². The van der Waals surface area contributed by atoms with Crippen LogP contribution in [-0.2, 0) is 19.4 Å². The number of sulfone groups is 1. The normalized spacial score (nSPS) is 12.9. The second kappa shape index (κ2) is 5.18. The molecule has 0 amide bonds. The highest BCUT2D eigenvalue weighted by atomic mass is 32.2. The highest BCUT2D eigenvalue weighted by molar-refractivity contribution is 7.92. The van der Waals surface area contributed by atoms with Crippen LogP contribution in [0.2, 0.25) is 0 Å². The summed E-state index contributed by atoms with van der Waals surface area (Å²) in [4.78, 5) is 11.3. The van der Waals surface area contributed by atoms with Gasteiger partial charge in [-0.05, 0) is 31.2 Å². The molecule has 1 aromatic carbocycles. The lowest BCUT2D eigenvalue weighted by Crippen LogP contribution is -2.28. The Labute approximate surface area is 100 Å². The van der Waals surface area contributed by atoms with Gasteiger partial charge in [-0.25, -0.2) is 8.42 Å². The van der Waals surface area contributed by atoms with Gasteiger partial charge >= 0.3 is 5.97 Å². The number of rotatable bonds is 4. The van der Waals surface area contributed by atoms with Crippen LogP contribution >= 0.6 is 0 Å². The molecule has 0 saturated heterocycles. The molecule has 94 valence electrons. The summed E-state index contributed by atoms with van der Waals surface area (Å²) in [5.41, 5.74) is 0. The molecule has 0 saturated carbocycles. The van der Waals surface area contributed by atoms with E-state index in [1.54, 1.807) is 0 Å². The first kappa shape index (κ1) is 13.5. The lowest BCUT2D eigenvalue weighted by atomic mass is 10.3. The molecule has 1 aromatic rings. The Hall–Kier alpha value is -1.56. The summed E-state index contributed by atoms with van der Waals surface area (Å²) in [6.07, 6.45) is 0. The molecule has 0 aliphatic heterocycles. The summed E-state index contributed by atoms with van der Waals surface area (Å²) < 4.78 is 33.3. The van der Waals surface area contributed by atoms with E-state index in [0.717, 1.165) is 7.11 Å². The van der Waals surface area contributed by atoms with Crippen molar-refractivity contribution >= 4 is 15.8 Å². The molecule has 0 fully saturated rings. The Balaban J connectivity index is 3.08. The summed E-state index contributed by atoms with van der Waals surface area (Å²) >= 11 is 0. The van der Waals surface area contributed by atoms with Gasteiger partial charge in [0.25, 0.3) is 0 Å². The highest BCUT2D eigenvalue weighted by Gasteiger charge is 2.30. The van der Waals surface area contributed by atoms with Crippen LogP contribution in [0.15, 0.2) is 29.2 Å². The lowest BCUT2D eigenvalue weighted by molar-refractivity contribution is -0.139. The second-order valence-electron chi connectivity index (χ2n) is 3.39. The van der Waals surface area contributed by atoms with Gasteiger partial charge in [-0.15, -0.1) is 0 Å². The summed E-state index contributed by atoms with van der Waals surface area (Å²) in [5, 5.41) is -1.22. The Morgan fingerprint density at radius 3 is 2.12 bits per heavy atom. The molecule has 0 spiro atoms. The van der Waals surface area contributed by atoms with Crippen molar-refractivity contribution in [1.82, 2.24) is 0 Å². The van der Waals surface area contributed by atoms with Crippen LogP contribution in [-0.4, -0.2) is 33.9 Å². The van der Waals surface area contributed by atoms with Gasteiger partial charge in [0.05, 0.1) is 19.1 Å². The summed E-state index contributed by atoms with van der Waals surface area (Å²) in [7, 11) is -1.06. The first-order valence-corrected chi connectivity index (χ1v) is 6.44. The molecule has 1 atom stereocenters. The van der Waals surface area contributed by atoms with E-state index in [2.05, 4.69) is 4.74 Å². The molecule has 1 rings (SSSR count). The Bertz CT molecular complexity index is 489. The predicted octanol–water partition coefficient (Wildman–Crippen LogP) is 1.03. The van der Waals surface area contributed by atoms with E-state index in [9.17, 15) is 13.2 Å². The Morgan fingerprint density at radius 2 is 1.71 bits per heavy atom. The third kappa shape index (κ3) is 2.76. The van der Waals surface area contributed by atoms with Gasteiger partial charge in [0.15, 0.2) is 15.1 Å². The number of carbonyl (C=O) groups is 1. The highest BCUT2D eigenvalue weighted by Crippen LogP contribution is 2.20. The quantitative estimate of drug-likeness (QED) is 0.754. The van der Waals surface area contributed by atoms with Crippen molar-refractivity contribution in [1.29, 1.82) is 0 Å². The zero-order valence-corrected chi connectivity index (χ0v) is 10.7. The van der Waals surface area contributed by atoms with Gasteiger partial charge in [-0.3, -0.25) is 4.79 Å². The summed E-state index contributed by atoms with van der Waals surface area (Å²) in [6, 6.07) is 5.84. The van der Waals surface area contributed by atoms with Crippen molar-refractivity contribution in [2.75, 3.05) is 14.2 Å². The van der Waals surface area contributed by atoms with Gasteiger partial charge < -0.3 is 9.47 Å². The number of benzene rings is 1. The number of esters is 1. The Kier molecular flexibility index (Phi) is 4.11. The minimum atomic E-state index is -3.71. The first-order valence-electron chi connectivity index (χ1n) is 4.89. The van der Waals surface area contributed by atoms with Crippen molar-refractivity contribution in [3.8, 4) is 5.75 Å². The fraction of sp³-hybridized carbons (Fsp3) is 0.364. The molecule has 0 aromatic heterocycles. The third-order valence-electron chi connectivity index (χ3n) is 2.39. The molecular formula is C11H14O5S. The van der Waals surface area contributed by atoms with E-state index in [4.69, 9.17) is 4.74 Å². The van der Waals surface area contributed by atoms with Gasteiger partial charge in [0.1, 0.15) is 5.75 Å². The van der Waals surface area contributed by atoms with Crippen LogP contribution in [0.3, 0.4) is 0 Å². The van der Waals surface area contributed by atoms with Gasteiger partial charge in [-0.1, -0.05) is 0 Å². The van der Waals surface area contributed by atoms with E-state index in [1.165, 1.54) is 38.3 Å². The van der Waals surface area contributed by atoms with Gasteiger partial charge in [-0.2, -0.15) is 0 Å². The largest absolute Gasteiger partial charge is 0.497 e. The van der Waals surface area contributed by atoms with Crippen LogP contribution in [0.25, 0.3) is 0 Å². The number of ether oxygens (including phenoxy) is 2. The average molecular weight is 258 g/mol. The van der Waals surface area contributed by atoms with Crippen molar-refractivity contribution < 1.29 is 22.7 Å². The number of hydrogen-bond acceptors (Lipinski definition) is 5. The standard InChI is InChI=1S/C11H14O5S/c1-8(11(12)16-3)17(13,14)10-6-4-9(15-2)5-7-10/h4-8H,1-3H3. The van der Waals surface area contributed by atoms with Crippen LogP contribution in [0, 0.1) is 0 Å². The molecule has 1 unspecified atom stereocenters. The SMILES string of the molecule is COC(=O)C(C)S(=O)(=O)c1ccc(OC)cc1. The fourth-order valence-corrected chi connectivity index (χ4v) is 2.54. The van der Waals surface area contributed by atoms with Crippen LogP contribution in [0.5, 0.6) is 5.75 Å². The number of hydrogen-bond donors (Lipinski definition) is 0. The van der Waals surface area contributed by atoms with E-state index >= 15 is 0 Å². The maximum absolute atomic E-state index is 12.0. The maximum Gasteiger partial charge on any atom is 0.324 e.